The second kappa shape index (κ2) is 13.3. The number of thioether (sulfide) groups is 1. The van der Waals surface area contributed by atoms with Crippen molar-refractivity contribution in [1.82, 2.24) is 15.5 Å². The van der Waals surface area contributed by atoms with E-state index >= 15 is 0 Å². The van der Waals surface area contributed by atoms with Crippen molar-refractivity contribution in [2.45, 2.75) is 82.0 Å². The molecule has 9 heteroatoms. The monoisotopic (exact) mass is 559 g/mol. The molecule has 2 N–H and O–H groups in total. The van der Waals surface area contributed by atoms with Crippen LogP contribution >= 0.6 is 11.8 Å². The number of carbonyl (C=O) groups excluding carboxylic acids is 3. The second-order valence-corrected chi connectivity index (χ2v) is 11.7. The summed E-state index contributed by atoms with van der Waals surface area (Å²) >= 11 is 1.32. The molecule has 2 heterocycles. The number of nitrogens with one attached hydrogen (secondary N) is 2. The van der Waals surface area contributed by atoms with E-state index in [2.05, 4.69) is 10.6 Å². The topological polar surface area (TPSA) is 103 Å². The molecule has 2 atom stereocenters. The average Bonchev–Trinajstić information content (AvgIpc) is 3.32. The third-order valence-corrected chi connectivity index (χ3v) is 8.95. The van der Waals surface area contributed by atoms with Crippen LogP contribution in [0.4, 0.5) is 5.69 Å². The number of para-hydroxylation sites is 1. The van der Waals surface area contributed by atoms with Crippen molar-refractivity contribution in [2.24, 2.45) is 9.98 Å². The molecule has 0 radical (unpaired) electrons. The molecule has 3 amide bonds. The Bertz CT molecular complexity index is 1290. The summed E-state index contributed by atoms with van der Waals surface area (Å²) in [5.74, 6) is 0.253. The van der Waals surface area contributed by atoms with Crippen LogP contribution < -0.4 is 10.6 Å². The Hall–Kier alpha value is -3.46. The lowest BCUT2D eigenvalue weighted by Gasteiger charge is -2.29. The average molecular weight is 560 g/mol. The zero-order valence-corrected chi connectivity index (χ0v) is 23.8. The van der Waals surface area contributed by atoms with Gasteiger partial charge in [-0.25, -0.2) is 9.89 Å². The number of nitrogens with zero attached hydrogens (tertiary/aromatic N) is 3. The summed E-state index contributed by atoms with van der Waals surface area (Å²) in [7, 11) is 0. The van der Waals surface area contributed by atoms with Crippen LogP contribution in [0, 0.1) is 0 Å². The SMILES string of the molecule is CC[C@H](SC1=Nc2ccccc2C2=N[C@@H](CCC(=O)NCCc3ccccc3)C(=O)N12)C(=O)NC1CCCCC1. The Morgan fingerprint density at radius 1 is 1.05 bits per heavy atom. The molecule has 0 aromatic heterocycles. The van der Waals surface area contributed by atoms with Crippen LogP contribution in [0.3, 0.4) is 0 Å². The van der Waals surface area contributed by atoms with Crippen molar-refractivity contribution in [3.05, 3.63) is 65.7 Å². The van der Waals surface area contributed by atoms with E-state index < -0.39 is 6.04 Å². The van der Waals surface area contributed by atoms with Crippen LogP contribution in [0.5, 0.6) is 0 Å². The number of fused-ring (bicyclic) bond motifs is 3. The normalized spacial score (nSPS) is 19.3. The van der Waals surface area contributed by atoms with Gasteiger partial charge in [0.25, 0.3) is 5.91 Å². The van der Waals surface area contributed by atoms with Gasteiger partial charge in [-0.2, -0.15) is 0 Å². The first-order valence-electron chi connectivity index (χ1n) is 14.4. The fourth-order valence-electron chi connectivity index (χ4n) is 5.41. The Balaban J connectivity index is 1.24. The van der Waals surface area contributed by atoms with Gasteiger partial charge >= 0.3 is 0 Å². The first-order chi connectivity index (χ1) is 19.5. The Morgan fingerprint density at radius 3 is 2.58 bits per heavy atom. The van der Waals surface area contributed by atoms with Gasteiger partial charge < -0.3 is 10.6 Å². The number of amides is 3. The minimum absolute atomic E-state index is 0.00480. The van der Waals surface area contributed by atoms with Crippen molar-refractivity contribution in [3.8, 4) is 0 Å². The summed E-state index contributed by atoms with van der Waals surface area (Å²) in [6, 6.07) is 17.2. The van der Waals surface area contributed by atoms with E-state index in [1.54, 1.807) is 4.90 Å². The standard InChI is InChI=1S/C31H37N5O3S/c1-2-26(29(38)33-22-13-7-4-8-14-22)40-31-35-24-16-10-9-15-23(24)28-34-25(30(39)36(28)31)17-18-27(37)32-20-19-21-11-5-3-6-12-21/h3,5-6,9-12,15-16,22,25-26H,2,4,7-8,13-14,17-20H2,1H3,(H,32,37)(H,33,38)/t25-,26-/m0/s1. The van der Waals surface area contributed by atoms with E-state index in [-0.39, 0.29) is 35.4 Å². The molecule has 40 heavy (non-hydrogen) atoms. The number of hydrogen-bond donors (Lipinski definition) is 2. The summed E-state index contributed by atoms with van der Waals surface area (Å²) in [4.78, 5) is 50.5. The summed E-state index contributed by atoms with van der Waals surface area (Å²) in [6.07, 6.45) is 7.45. The molecule has 5 rings (SSSR count). The summed E-state index contributed by atoms with van der Waals surface area (Å²) in [5.41, 5.74) is 2.68. The molecule has 1 fully saturated rings. The number of hydrogen-bond acceptors (Lipinski definition) is 6. The molecule has 1 saturated carbocycles. The van der Waals surface area contributed by atoms with Crippen molar-refractivity contribution in [1.29, 1.82) is 0 Å². The van der Waals surface area contributed by atoms with Crippen LogP contribution in [-0.4, -0.2) is 57.5 Å². The van der Waals surface area contributed by atoms with Gasteiger partial charge in [-0.15, -0.1) is 0 Å². The fourth-order valence-corrected chi connectivity index (χ4v) is 6.44. The zero-order chi connectivity index (χ0) is 27.9. The molecular weight excluding hydrogens is 522 g/mol. The Labute approximate surface area is 240 Å². The van der Waals surface area contributed by atoms with Crippen molar-refractivity contribution in [2.75, 3.05) is 6.54 Å². The van der Waals surface area contributed by atoms with Crippen molar-refractivity contribution < 1.29 is 14.4 Å². The van der Waals surface area contributed by atoms with Gasteiger partial charge in [-0.05, 0) is 49.8 Å². The molecule has 0 unspecified atom stereocenters. The molecule has 0 bridgehead atoms. The van der Waals surface area contributed by atoms with Crippen LogP contribution in [0.15, 0.2) is 64.6 Å². The number of benzene rings is 2. The largest absolute Gasteiger partial charge is 0.356 e. The maximum atomic E-state index is 13.6. The predicted molar refractivity (Wildman–Crippen MR) is 160 cm³/mol. The van der Waals surface area contributed by atoms with Crippen molar-refractivity contribution >= 4 is 46.2 Å². The minimum atomic E-state index is -0.664. The highest BCUT2D eigenvalue weighted by Crippen LogP contribution is 2.36. The lowest BCUT2D eigenvalue weighted by molar-refractivity contribution is -0.125. The number of amidine groups is 2. The van der Waals surface area contributed by atoms with E-state index in [9.17, 15) is 14.4 Å². The first-order valence-corrected chi connectivity index (χ1v) is 15.3. The van der Waals surface area contributed by atoms with Crippen LogP contribution in [-0.2, 0) is 20.8 Å². The summed E-state index contributed by atoms with van der Waals surface area (Å²) in [6.45, 7) is 2.53. The number of rotatable bonds is 10. The summed E-state index contributed by atoms with van der Waals surface area (Å²) in [5, 5.41) is 6.29. The van der Waals surface area contributed by atoms with Gasteiger partial charge in [0.1, 0.15) is 11.9 Å². The van der Waals surface area contributed by atoms with Gasteiger partial charge in [0.05, 0.1) is 10.9 Å². The van der Waals surface area contributed by atoms with Gasteiger partial charge in [0, 0.05) is 24.6 Å². The number of aliphatic imine (C=N–C) groups is 2. The summed E-state index contributed by atoms with van der Waals surface area (Å²) < 4.78 is 0. The zero-order valence-electron chi connectivity index (χ0n) is 23.0. The molecule has 2 aliphatic heterocycles. The third-order valence-electron chi connectivity index (χ3n) is 7.63. The highest BCUT2D eigenvalue weighted by Gasteiger charge is 2.42. The highest BCUT2D eigenvalue weighted by atomic mass is 32.2. The van der Waals surface area contributed by atoms with E-state index in [0.29, 0.717) is 30.4 Å². The predicted octanol–water partition coefficient (Wildman–Crippen LogP) is 4.74. The van der Waals surface area contributed by atoms with E-state index in [1.165, 1.54) is 18.2 Å². The molecule has 0 spiro atoms. The highest BCUT2D eigenvalue weighted by molar-refractivity contribution is 8.15. The van der Waals surface area contributed by atoms with Crippen LogP contribution in [0.2, 0.25) is 0 Å². The van der Waals surface area contributed by atoms with Crippen LogP contribution in [0.25, 0.3) is 0 Å². The quantitative estimate of drug-likeness (QED) is 0.439. The Kier molecular flexibility index (Phi) is 9.31. The molecule has 2 aromatic rings. The maximum absolute atomic E-state index is 13.6. The lowest BCUT2D eigenvalue weighted by Crippen LogP contribution is -2.45. The minimum Gasteiger partial charge on any atom is -0.356 e. The fraction of sp³-hybridized carbons (Fsp3) is 0.452. The van der Waals surface area contributed by atoms with Gasteiger partial charge in [0.15, 0.2) is 5.17 Å². The van der Waals surface area contributed by atoms with Gasteiger partial charge in [-0.3, -0.25) is 19.4 Å². The van der Waals surface area contributed by atoms with E-state index in [1.807, 2.05) is 61.5 Å². The molecular formula is C31H37N5O3S. The molecule has 3 aliphatic rings. The van der Waals surface area contributed by atoms with E-state index in [4.69, 9.17) is 9.98 Å². The lowest BCUT2D eigenvalue weighted by atomic mass is 9.95. The smallest absolute Gasteiger partial charge is 0.259 e. The molecule has 0 saturated heterocycles. The molecule has 210 valence electrons. The van der Waals surface area contributed by atoms with Gasteiger partial charge in [-0.1, -0.05) is 80.4 Å². The third kappa shape index (κ3) is 6.63. The molecule has 2 aromatic carbocycles. The number of carbonyl (C=O) groups is 3. The molecule has 8 nitrogen and oxygen atoms in total. The maximum Gasteiger partial charge on any atom is 0.259 e. The van der Waals surface area contributed by atoms with E-state index in [0.717, 1.165) is 48.9 Å². The van der Waals surface area contributed by atoms with Gasteiger partial charge in [0.2, 0.25) is 11.8 Å². The second-order valence-electron chi connectivity index (χ2n) is 10.5. The first kappa shape index (κ1) is 28.1. The van der Waals surface area contributed by atoms with Crippen molar-refractivity contribution in [3.63, 3.8) is 0 Å². The van der Waals surface area contributed by atoms with Crippen LogP contribution in [0.1, 0.15) is 69.4 Å². The molecule has 1 aliphatic carbocycles. The Morgan fingerprint density at radius 2 is 1.80 bits per heavy atom.